The van der Waals surface area contributed by atoms with E-state index in [4.69, 9.17) is 4.74 Å². The lowest BCUT2D eigenvalue weighted by atomic mass is 9.93. The van der Waals surface area contributed by atoms with E-state index in [1.807, 2.05) is 80.6 Å². The summed E-state index contributed by atoms with van der Waals surface area (Å²) in [5.41, 5.74) is 4.50. The van der Waals surface area contributed by atoms with Crippen LogP contribution in [0.2, 0.25) is 0 Å². The number of nitriles is 3. The van der Waals surface area contributed by atoms with Crippen molar-refractivity contribution in [1.82, 2.24) is 0 Å². The van der Waals surface area contributed by atoms with Gasteiger partial charge in [0.15, 0.2) is 11.3 Å². The maximum absolute atomic E-state index is 9.73. The van der Waals surface area contributed by atoms with Crippen LogP contribution in [0.15, 0.2) is 81.2 Å². The monoisotopic (exact) mass is 490 g/mol. The fourth-order valence-corrected chi connectivity index (χ4v) is 4.13. The zero-order chi connectivity index (χ0) is 27.0. The standard InChI is InChI=1S/C30H30N6O/c1-6-16-36(5)26-13-11-24(12-14-26)34-35-25-10-8-22(21(7-2)17-25)9-15-28-27(20-33)29(23(18-31)19-32)37-30(28,3)4/h8-15,17H,6-7,16H2,1-5H3/b15-9+,35-34?. The summed E-state index contributed by atoms with van der Waals surface area (Å²) in [4.78, 5) is 2.21. The first kappa shape index (κ1) is 26.9. The van der Waals surface area contributed by atoms with Gasteiger partial charge in [0.1, 0.15) is 29.4 Å². The predicted molar refractivity (Wildman–Crippen MR) is 145 cm³/mol. The molecule has 0 N–H and O–H groups in total. The van der Waals surface area contributed by atoms with Crippen molar-refractivity contribution in [2.45, 2.75) is 46.1 Å². The minimum Gasteiger partial charge on any atom is -0.480 e. The lowest BCUT2D eigenvalue weighted by Crippen LogP contribution is -2.20. The molecule has 0 bridgehead atoms. The summed E-state index contributed by atoms with van der Waals surface area (Å²) in [5.74, 6) is 0.0358. The molecule has 0 saturated heterocycles. The van der Waals surface area contributed by atoms with Gasteiger partial charge in [-0.3, -0.25) is 0 Å². The molecule has 1 aliphatic rings. The third-order valence-electron chi connectivity index (χ3n) is 6.13. The minimum atomic E-state index is -0.850. The Labute approximate surface area is 218 Å². The van der Waals surface area contributed by atoms with Crippen LogP contribution in [0, 0.1) is 34.0 Å². The van der Waals surface area contributed by atoms with Crippen LogP contribution in [0.1, 0.15) is 45.2 Å². The Bertz CT molecular complexity index is 1390. The van der Waals surface area contributed by atoms with Crippen LogP contribution in [0.4, 0.5) is 17.1 Å². The lowest BCUT2D eigenvalue weighted by Gasteiger charge is -2.20. The van der Waals surface area contributed by atoms with Crippen molar-refractivity contribution >= 4 is 23.1 Å². The molecule has 0 aliphatic carbocycles. The van der Waals surface area contributed by atoms with Gasteiger partial charge >= 0.3 is 0 Å². The normalized spacial score (nSPS) is 14.4. The molecule has 7 heteroatoms. The third-order valence-corrected chi connectivity index (χ3v) is 6.13. The Balaban J connectivity index is 1.86. The highest BCUT2D eigenvalue weighted by Gasteiger charge is 2.38. The van der Waals surface area contributed by atoms with E-state index in [9.17, 15) is 15.8 Å². The van der Waals surface area contributed by atoms with E-state index in [2.05, 4.69) is 42.1 Å². The van der Waals surface area contributed by atoms with Gasteiger partial charge in [-0.2, -0.15) is 26.0 Å². The third kappa shape index (κ3) is 6.13. The fraction of sp³-hybridized carbons (Fsp3) is 0.300. The maximum atomic E-state index is 9.73. The number of azo groups is 1. The summed E-state index contributed by atoms with van der Waals surface area (Å²) in [6.07, 6.45) is 5.62. The first-order valence-corrected chi connectivity index (χ1v) is 12.2. The van der Waals surface area contributed by atoms with Crippen LogP contribution in [0.25, 0.3) is 6.08 Å². The van der Waals surface area contributed by atoms with E-state index in [1.165, 1.54) is 0 Å². The molecule has 37 heavy (non-hydrogen) atoms. The molecule has 2 aromatic rings. The number of aryl methyl sites for hydroxylation is 1. The SMILES string of the molecule is CCCN(C)c1ccc(N=Nc2ccc(/C=C/C3=C(C#N)C(=C(C#N)C#N)OC3(C)C)c(CC)c2)cc1. The van der Waals surface area contributed by atoms with Gasteiger partial charge < -0.3 is 9.64 Å². The summed E-state index contributed by atoms with van der Waals surface area (Å²) >= 11 is 0. The average Bonchev–Trinajstić information content (AvgIpc) is 3.16. The quantitative estimate of drug-likeness (QED) is 0.282. The second-order valence-corrected chi connectivity index (χ2v) is 9.15. The van der Waals surface area contributed by atoms with E-state index in [0.717, 1.165) is 47.6 Å². The second-order valence-electron chi connectivity index (χ2n) is 9.15. The minimum absolute atomic E-state index is 0.0358. The van der Waals surface area contributed by atoms with E-state index >= 15 is 0 Å². The van der Waals surface area contributed by atoms with Crippen molar-refractivity contribution in [1.29, 1.82) is 15.8 Å². The smallest absolute Gasteiger partial charge is 0.172 e. The maximum Gasteiger partial charge on any atom is 0.172 e. The molecule has 3 rings (SSSR count). The Hall–Kier alpha value is -4.67. The molecule has 0 atom stereocenters. The molecule has 0 spiro atoms. The molecule has 0 saturated carbocycles. The van der Waals surface area contributed by atoms with Gasteiger partial charge in [0.25, 0.3) is 0 Å². The van der Waals surface area contributed by atoms with Gasteiger partial charge in [0.05, 0.1) is 11.4 Å². The van der Waals surface area contributed by atoms with Crippen molar-refractivity contribution in [3.05, 3.63) is 82.1 Å². The van der Waals surface area contributed by atoms with Crippen LogP contribution in [-0.4, -0.2) is 19.2 Å². The van der Waals surface area contributed by atoms with E-state index in [0.29, 0.717) is 5.57 Å². The Kier molecular flexibility index (Phi) is 8.62. The molecule has 0 aromatic heterocycles. The number of hydrogen-bond donors (Lipinski definition) is 0. The number of anilines is 1. The number of ether oxygens (including phenoxy) is 1. The van der Waals surface area contributed by atoms with Crippen molar-refractivity contribution in [2.24, 2.45) is 10.2 Å². The van der Waals surface area contributed by atoms with E-state index < -0.39 is 5.60 Å². The van der Waals surface area contributed by atoms with Gasteiger partial charge in [-0.25, -0.2) is 0 Å². The van der Waals surface area contributed by atoms with Crippen molar-refractivity contribution in [3.63, 3.8) is 0 Å². The van der Waals surface area contributed by atoms with Gasteiger partial charge in [-0.1, -0.05) is 32.1 Å². The van der Waals surface area contributed by atoms with Gasteiger partial charge in [0, 0.05) is 24.9 Å². The molecule has 0 unspecified atom stereocenters. The molecule has 0 amide bonds. The van der Waals surface area contributed by atoms with Crippen LogP contribution in [0.3, 0.4) is 0 Å². The zero-order valence-corrected chi connectivity index (χ0v) is 21.9. The molecule has 0 radical (unpaired) electrons. The topological polar surface area (TPSA) is 109 Å². The Morgan fingerprint density at radius 2 is 1.62 bits per heavy atom. The van der Waals surface area contributed by atoms with Gasteiger partial charge in [-0.05, 0) is 74.2 Å². The largest absolute Gasteiger partial charge is 0.480 e. The Morgan fingerprint density at radius 3 is 2.22 bits per heavy atom. The number of benzene rings is 2. The molecular weight excluding hydrogens is 460 g/mol. The lowest BCUT2D eigenvalue weighted by molar-refractivity contribution is 0.0954. The van der Waals surface area contributed by atoms with E-state index in [-0.39, 0.29) is 16.9 Å². The van der Waals surface area contributed by atoms with E-state index in [1.54, 1.807) is 0 Å². The average molecular weight is 491 g/mol. The first-order chi connectivity index (χ1) is 17.8. The highest BCUT2D eigenvalue weighted by molar-refractivity contribution is 5.66. The molecule has 1 heterocycles. The van der Waals surface area contributed by atoms with Crippen LogP contribution < -0.4 is 4.90 Å². The van der Waals surface area contributed by atoms with Crippen molar-refractivity contribution in [2.75, 3.05) is 18.5 Å². The first-order valence-electron chi connectivity index (χ1n) is 12.2. The van der Waals surface area contributed by atoms with Crippen molar-refractivity contribution in [3.8, 4) is 18.2 Å². The summed E-state index contributed by atoms with van der Waals surface area (Å²) in [6.45, 7) is 8.84. The molecule has 1 aliphatic heterocycles. The Morgan fingerprint density at radius 1 is 0.973 bits per heavy atom. The summed E-state index contributed by atoms with van der Waals surface area (Å²) < 4.78 is 5.84. The second kappa shape index (κ2) is 11.8. The zero-order valence-electron chi connectivity index (χ0n) is 21.9. The number of nitrogens with zero attached hydrogens (tertiary/aromatic N) is 6. The number of rotatable bonds is 8. The van der Waals surface area contributed by atoms with Crippen LogP contribution >= 0.6 is 0 Å². The molecule has 186 valence electrons. The molecule has 7 nitrogen and oxygen atoms in total. The van der Waals surface area contributed by atoms with Gasteiger partial charge in [-0.15, -0.1) is 0 Å². The fourth-order valence-electron chi connectivity index (χ4n) is 4.13. The van der Waals surface area contributed by atoms with Crippen molar-refractivity contribution < 1.29 is 4.74 Å². The summed E-state index contributed by atoms with van der Waals surface area (Å²) in [6, 6.07) is 19.6. The number of allylic oxidation sites excluding steroid dienone is 2. The predicted octanol–water partition coefficient (Wildman–Crippen LogP) is 7.45. The molecule has 0 fully saturated rings. The highest BCUT2D eigenvalue weighted by atomic mass is 16.5. The van der Waals surface area contributed by atoms with Gasteiger partial charge in [0.2, 0.25) is 0 Å². The highest BCUT2D eigenvalue weighted by Crippen LogP contribution is 2.40. The number of hydrogen-bond acceptors (Lipinski definition) is 7. The van der Waals surface area contributed by atoms with Crippen LogP contribution in [0.5, 0.6) is 0 Å². The van der Waals surface area contributed by atoms with Crippen LogP contribution in [-0.2, 0) is 11.2 Å². The molecule has 2 aromatic carbocycles. The molecular formula is C30H30N6O. The summed E-state index contributed by atoms with van der Waals surface area (Å²) in [5, 5.41) is 37.0. The summed E-state index contributed by atoms with van der Waals surface area (Å²) in [7, 11) is 2.08.